The fourth-order valence-electron chi connectivity index (χ4n) is 3.36. The molecule has 2 aliphatic heterocycles. The lowest BCUT2D eigenvalue weighted by molar-refractivity contribution is -0.140. The maximum absolute atomic E-state index is 12.2. The summed E-state index contributed by atoms with van der Waals surface area (Å²) in [5, 5.41) is 33.1. The number of aromatic carboxylic acids is 1. The highest BCUT2D eigenvalue weighted by atomic mass is 16.6. The van der Waals surface area contributed by atoms with Gasteiger partial charge in [-0.15, -0.1) is 0 Å². The summed E-state index contributed by atoms with van der Waals surface area (Å²) in [6.45, 7) is -2.31. The minimum atomic E-state index is -3.09. The second kappa shape index (κ2) is 6.84. The van der Waals surface area contributed by atoms with E-state index in [1.54, 1.807) is 29.4 Å². The third-order valence-corrected chi connectivity index (χ3v) is 4.86. The fraction of sp³-hybridized carbons (Fsp3) is 0.353. The second-order valence-electron chi connectivity index (χ2n) is 6.99. The topological polar surface area (TPSA) is 134 Å². The van der Waals surface area contributed by atoms with Crippen LogP contribution in [0.1, 0.15) is 15.9 Å². The van der Waals surface area contributed by atoms with Gasteiger partial charge in [-0.25, -0.2) is 4.79 Å². The van der Waals surface area contributed by atoms with Crippen LogP contribution in [0.15, 0.2) is 30.6 Å². The number of carboxylic acid groups (broad SMARTS) is 1. The van der Waals surface area contributed by atoms with Gasteiger partial charge in [-0.1, -0.05) is 12.4 Å². The Balaban J connectivity index is 1.45. The fourth-order valence-corrected chi connectivity index (χ4v) is 3.36. The van der Waals surface area contributed by atoms with Gasteiger partial charge in [-0.3, -0.25) is 9.48 Å². The van der Waals surface area contributed by atoms with Crippen LogP contribution in [0.4, 0.5) is 0 Å². The number of hydrogen-bond donors (Lipinski definition) is 3. The van der Waals surface area contributed by atoms with Gasteiger partial charge in [0.15, 0.2) is 0 Å². The molecule has 1 fully saturated rings. The molecule has 1 saturated heterocycles. The predicted octanol–water partition coefficient (Wildman–Crippen LogP) is -0.271. The van der Waals surface area contributed by atoms with Crippen molar-refractivity contribution in [2.75, 3.05) is 13.1 Å². The first kappa shape index (κ1) is 18.3. The Hall–Kier alpha value is -3.05. The number of carboxylic acids is 1. The van der Waals surface area contributed by atoms with Crippen molar-refractivity contribution in [2.45, 2.75) is 25.4 Å². The first-order valence-corrected chi connectivity index (χ1v) is 8.93. The number of aryl methyl sites for hydroxylation is 1. The van der Waals surface area contributed by atoms with Crippen LogP contribution < -0.4 is 9.39 Å². The Morgan fingerprint density at radius 2 is 2.11 bits per heavy atom. The molecule has 0 unspecified atom stereocenters. The molecule has 10 nitrogen and oxygen atoms in total. The highest BCUT2D eigenvalue weighted by molar-refractivity contribution is 6.59. The van der Waals surface area contributed by atoms with Crippen LogP contribution in [0.5, 0.6) is 11.5 Å². The standard InChI is InChI=1S/C17H19BN3O7/c22-14(10-21-7-1-6-19-21)20-8-12(9-20)27-13-3-2-11-4-5-18(25,26)28-16(11)15(13)17(23)24/h1-3,6-7,12,25-26H,4-5,8-10H2,(H,23,24)/q-1. The zero-order valence-electron chi connectivity index (χ0n) is 14.9. The molecule has 11 heteroatoms. The molecule has 4 rings (SSSR count). The van der Waals surface area contributed by atoms with Crippen molar-refractivity contribution in [2.24, 2.45) is 0 Å². The van der Waals surface area contributed by atoms with Crippen molar-refractivity contribution in [1.82, 2.24) is 14.7 Å². The van der Waals surface area contributed by atoms with Gasteiger partial charge >= 0.3 is 12.7 Å². The summed E-state index contributed by atoms with van der Waals surface area (Å²) in [7, 11) is 0. The number of aromatic nitrogens is 2. The smallest absolute Gasteiger partial charge is 0.430 e. The van der Waals surface area contributed by atoms with Crippen LogP contribution >= 0.6 is 0 Å². The molecule has 0 spiro atoms. The highest BCUT2D eigenvalue weighted by Crippen LogP contribution is 2.38. The number of carbonyl (C=O) groups is 2. The van der Waals surface area contributed by atoms with E-state index in [-0.39, 0.29) is 41.9 Å². The van der Waals surface area contributed by atoms with Gasteiger partial charge in [0.25, 0.3) is 0 Å². The van der Waals surface area contributed by atoms with E-state index in [2.05, 4.69) is 5.10 Å². The summed E-state index contributed by atoms with van der Waals surface area (Å²) >= 11 is 0. The molecule has 2 aliphatic rings. The molecule has 28 heavy (non-hydrogen) atoms. The third kappa shape index (κ3) is 3.53. The van der Waals surface area contributed by atoms with Crippen LogP contribution in [-0.2, 0) is 17.8 Å². The van der Waals surface area contributed by atoms with E-state index >= 15 is 0 Å². The molecule has 0 atom stereocenters. The van der Waals surface area contributed by atoms with Crippen molar-refractivity contribution < 1.29 is 34.1 Å². The average molecular weight is 388 g/mol. The Morgan fingerprint density at radius 3 is 2.79 bits per heavy atom. The maximum Gasteiger partial charge on any atom is 0.430 e. The summed E-state index contributed by atoms with van der Waals surface area (Å²) in [6, 6.07) is 4.92. The average Bonchev–Trinajstić information content (AvgIpc) is 3.08. The molecular weight excluding hydrogens is 369 g/mol. The SMILES string of the molecule is O=C(O)c1c(OC2CN(C(=O)Cn3cccn3)C2)ccc2c1O[B-](O)(O)CC2. The number of fused-ring (bicyclic) bond motifs is 1. The Labute approximate surface area is 159 Å². The molecule has 0 bridgehead atoms. The first-order chi connectivity index (χ1) is 13.3. The first-order valence-electron chi connectivity index (χ1n) is 8.93. The minimum absolute atomic E-state index is 0.00219. The van der Waals surface area contributed by atoms with Gasteiger partial charge in [0.1, 0.15) is 24.0 Å². The number of ether oxygens (including phenoxy) is 1. The summed E-state index contributed by atoms with van der Waals surface area (Å²) < 4.78 is 12.4. The number of rotatable bonds is 5. The summed E-state index contributed by atoms with van der Waals surface area (Å²) in [6.07, 6.45) is 3.22. The summed E-state index contributed by atoms with van der Waals surface area (Å²) in [5.74, 6) is -1.40. The van der Waals surface area contributed by atoms with Crippen molar-refractivity contribution in [1.29, 1.82) is 0 Å². The van der Waals surface area contributed by atoms with Gasteiger partial charge in [0.2, 0.25) is 5.91 Å². The van der Waals surface area contributed by atoms with Crippen molar-refractivity contribution in [3.8, 4) is 11.5 Å². The van der Waals surface area contributed by atoms with E-state index in [0.717, 1.165) is 0 Å². The monoisotopic (exact) mass is 388 g/mol. The van der Waals surface area contributed by atoms with E-state index in [4.69, 9.17) is 9.39 Å². The molecule has 1 aromatic heterocycles. The van der Waals surface area contributed by atoms with Gasteiger partial charge in [0, 0.05) is 12.4 Å². The third-order valence-electron chi connectivity index (χ3n) is 4.86. The van der Waals surface area contributed by atoms with E-state index in [1.165, 1.54) is 10.7 Å². The van der Waals surface area contributed by atoms with Crippen LogP contribution in [0, 0.1) is 0 Å². The largest absolute Gasteiger partial charge is 0.669 e. The molecular formula is C17H19BN3O7-. The zero-order valence-corrected chi connectivity index (χ0v) is 14.9. The Morgan fingerprint density at radius 1 is 1.32 bits per heavy atom. The lowest BCUT2D eigenvalue weighted by Gasteiger charge is -2.40. The molecule has 1 aromatic carbocycles. The normalized spacial score (nSPS) is 18.0. The van der Waals surface area contributed by atoms with Crippen LogP contribution in [0.25, 0.3) is 0 Å². The summed E-state index contributed by atoms with van der Waals surface area (Å²) in [5.41, 5.74) is 0.336. The molecule has 148 valence electrons. The van der Waals surface area contributed by atoms with Gasteiger partial charge < -0.3 is 29.4 Å². The van der Waals surface area contributed by atoms with E-state index in [9.17, 15) is 24.7 Å². The summed E-state index contributed by atoms with van der Waals surface area (Å²) in [4.78, 5) is 25.5. The lowest BCUT2D eigenvalue weighted by atomic mass is 9.70. The van der Waals surface area contributed by atoms with Crippen molar-refractivity contribution in [3.05, 3.63) is 41.7 Å². The molecule has 1 amide bonds. The number of nitrogens with zero attached hydrogens (tertiary/aromatic N) is 3. The Kier molecular flexibility index (Phi) is 4.48. The zero-order chi connectivity index (χ0) is 19.9. The van der Waals surface area contributed by atoms with Crippen molar-refractivity contribution >= 4 is 18.6 Å². The Bertz CT molecular complexity index is 910. The number of benzene rings is 1. The van der Waals surface area contributed by atoms with Crippen molar-refractivity contribution in [3.63, 3.8) is 0 Å². The molecule has 3 heterocycles. The van der Waals surface area contributed by atoms with E-state index < -0.39 is 12.7 Å². The second-order valence-corrected chi connectivity index (χ2v) is 6.99. The molecule has 0 radical (unpaired) electrons. The van der Waals surface area contributed by atoms with Gasteiger partial charge in [-0.05, 0) is 24.1 Å². The van der Waals surface area contributed by atoms with Gasteiger partial charge in [-0.2, -0.15) is 5.10 Å². The lowest BCUT2D eigenvalue weighted by Crippen LogP contribution is -2.57. The predicted molar refractivity (Wildman–Crippen MR) is 96.0 cm³/mol. The highest BCUT2D eigenvalue weighted by Gasteiger charge is 2.36. The number of likely N-dealkylation sites (tertiary alicyclic amines) is 1. The molecule has 0 saturated carbocycles. The molecule has 2 aromatic rings. The van der Waals surface area contributed by atoms with Crippen LogP contribution in [-0.4, -0.2) is 67.7 Å². The number of amides is 1. The number of carbonyl (C=O) groups excluding carboxylic acids is 1. The minimum Gasteiger partial charge on any atom is -0.669 e. The van der Waals surface area contributed by atoms with E-state index in [0.29, 0.717) is 25.1 Å². The maximum atomic E-state index is 12.2. The van der Waals surface area contributed by atoms with Crippen LogP contribution in [0.2, 0.25) is 6.32 Å². The van der Waals surface area contributed by atoms with Crippen LogP contribution in [0.3, 0.4) is 0 Å². The van der Waals surface area contributed by atoms with Gasteiger partial charge in [0.05, 0.1) is 18.8 Å². The quantitative estimate of drug-likeness (QED) is 0.596. The molecule has 0 aliphatic carbocycles. The van der Waals surface area contributed by atoms with E-state index in [1.807, 2.05) is 0 Å². The molecule has 3 N–H and O–H groups in total. The number of hydrogen-bond acceptors (Lipinski definition) is 7.